The van der Waals surface area contributed by atoms with Crippen LogP contribution >= 0.6 is 28.1 Å². The second-order valence-electron chi connectivity index (χ2n) is 7.88. The lowest BCUT2D eigenvalue weighted by Crippen LogP contribution is -2.45. The number of thiocarbonyl (C=S) groups is 1. The van der Waals surface area contributed by atoms with Crippen molar-refractivity contribution in [3.8, 4) is 23.3 Å². The summed E-state index contributed by atoms with van der Waals surface area (Å²) < 4.78 is 22.5. The zero-order valence-corrected chi connectivity index (χ0v) is 23.8. The number of hydrogen-bond donors (Lipinski definition) is 3. The van der Waals surface area contributed by atoms with E-state index in [4.69, 9.17) is 36.4 Å². The molecule has 1 aliphatic heterocycles. The third-order valence-electron chi connectivity index (χ3n) is 5.30. The lowest BCUT2D eigenvalue weighted by atomic mass is 9.95. The predicted molar refractivity (Wildman–Crippen MR) is 150 cm³/mol. The number of nitriles is 1. The van der Waals surface area contributed by atoms with E-state index >= 15 is 0 Å². The SMILES string of the molecule is CCOC(=O)C1=C(C)NC(=S)N[C@@H]1c1ccccc1OCC(=O)NN=Cc1cc(Br)cc(OC)c1OCC#N. The minimum absolute atomic E-state index is 0.193. The minimum Gasteiger partial charge on any atom is -0.493 e. The van der Waals surface area contributed by atoms with Gasteiger partial charge in [0.1, 0.15) is 11.8 Å². The Morgan fingerprint density at radius 1 is 1.26 bits per heavy atom. The van der Waals surface area contributed by atoms with Crippen molar-refractivity contribution in [2.24, 2.45) is 5.10 Å². The quantitative estimate of drug-likeness (QED) is 0.149. The van der Waals surface area contributed by atoms with E-state index in [1.165, 1.54) is 13.3 Å². The number of benzene rings is 2. The number of amides is 1. The van der Waals surface area contributed by atoms with E-state index in [0.29, 0.717) is 49.2 Å². The number of carbonyl (C=O) groups excluding carboxylic acids is 2. The molecular formula is C26H26BrN5O6S. The summed E-state index contributed by atoms with van der Waals surface area (Å²) in [6.07, 6.45) is 1.37. The molecule has 0 spiro atoms. The zero-order valence-electron chi connectivity index (χ0n) is 21.4. The Labute approximate surface area is 239 Å². The number of halogens is 1. The van der Waals surface area contributed by atoms with Crippen LogP contribution in [-0.4, -0.2) is 50.1 Å². The Morgan fingerprint density at radius 3 is 2.74 bits per heavy atom. The van der Waals surface area contributed by atoms with E-state index < -0.39 is 17.9 Å². The van der Waals surface area contributed by atoms with Gasteiger partial charge in [-0.15, -0.1) is 0 Å². The summed E-state index contributed by atoms with van der Waals surface area (Å²) in [4.78, 5) is 25.2. The van der Waals surface area contributed by atoms with Crippen LogP contribution < -0.4 is 30.3 Å². The van der Waals surface area contributed by atoms with Crippen LogP contribution in [-0.2, 0) is 14.3 Å². The van der Waals surface area contributed by atoms with Crippen molar-refractivity contribution < 1.29 is 28.5 Å². The van der Waals surface area contributed by atoms with Gasteiger partial charge in [0.15, 0.2) is 29.8 Å². The van der Waals surface area contributed by atoms with Crippen molar-refractivity contribution in [3.05, 3.63) is 63.3 Å². The molecule has 3 rings (SSSR count). The molecule has 0 fully saturated rings. The van der Waals surface area contributed by atoms with Gasteiger partial charge >= 0.3 is 5.97 Å². The molecular weight excluding hydrogens is 590 g/mol. The molecule has 11 nitrogen and oxygen atoms in total. The first-order chi connectivity index (χ1) is 18.8. The van der Waals surface area contributed by atoms with Gasteiger partial charge in [0, 0.05) is 21.3 Å². The average molecular weight is 616 g/mol. The third kappa shape index (κ3) is 7.68. The monoisotopic (exact) mass is 615 g/mol. The maximum atomic E-state index is 12.7. The molecule has 39 heavy (non-hydrogen) atoms. The van der Waals surface area contributed by atoms with Gasteiger partial charge in [0.25, 0.3) is 5.91 Å². The number of allylic oxidation sites excluding steroid dienone is 1. The van der Waals surface area contributed by atoms with E-state index in [2.05, 4.69) is 37.1 Å². The number of hydrazone groups is 1. The zero-order chi connectivity index (χ0) is 28.4. The first-order valence-electron chi connectivity index (χ1n) is 11.6. The molecule has 0 bridgehead atoms. The number of methoxy groups -OCH3 is 1. The van der Waals surface area contributed by atoms with Gasteiger partial charge in [-0.3, -0.25) is 4.79 Å². The summed E-state index contributed by atoms with van der Waals surface area (Å²) in [5, 5.41) is 19.2. The molecule has 1 heterocycles. The molecule has 0 saturated carbocycles. The summed E-state index contributed by atoms with van der Waals surface area (Å²) >= 11 is 8.67. The lowest BCUT2D eigenvalue weighted by Gasteiger charge is -2.30. The van der Waals surface area contributed by atoms with Crippen molar-refractivity contribution in [2.45, 2.75) is 19.9 Å². The fraction of sp³-hybridized carbons (Fsp3) is 0.269. The molecule has 0 unspecified atom stereocenters. The molecule has 204 valence electrons. The fourth-order valence-electron chi connectivity index (χ4n) is 3.70. The first-order valence-corrected chi connectivity index (χ1v) is 12.8. The molecule has 1 aliphatic rings. The first kappa shape index (κ1) is 29.4. The van der Waals surface area contributed by atoms with Gasteiger partial charge < -0.3 is 29.6 Å². The van der Waals surface area contributed by atoms with Crippen molar-refractivity contribution in [2.75, 3.05) is 26.9 Å². The van der Waals surface area contributed by atoms with Crippen molar-refractivity contribution >= 4 is 51.4 Å². The maximum Gasteiger partial charge on any atom is 0.338 e. The summed E-state index contributed by atoms with van der Waals surface area (Å²) in [5.41, 5.74) is 4.39. The van der Waals surface area contributed by atoms with Crippen LogP contribution in [0.2, 0.25) is 0 Å². The molecule has 2 aromatic rings. The van der Waals surface area contributed by atoms with Crippen LogP contribution in [0.15, 0.2) is 57.2 Å². The Balaban J connectivity index is 1.74. The number of para-hydroxylation sites is 1. The maximum absolute atomic E-state index is 12.7. The van der Waals surface area contributed by atoms with Crippen LogP contribution in [0.1, 0.15) is 31.0 Å². The highest BCUT2D eigenvalue weighted by molar-refractivity contribution is 9.10. The summed E-state index contributed by atoms with van der Waals surface area (Å²) in [7, 11) is 1.47. The van der Waals surface area contributed by atoms with E-state index in [1.807, 2.05) is 6.07 Å². The normalized spacial score (nSPS) is 14.6. The average Bonchev–Trinajstić information content (AvgIpc) is 2.90. The molecule has 13 heteroatoms. The smallest absolute Gasteiger partial charge is 0.338 e. The van der Waals surface area contributed by atoms with Crippen LogP contribution in [0.5, 0.6) is 17.2 Å². The summed E-state index contributed by atoms with van der Waals surface area (Å²) in [6, 6.07) is 11.6. The topological polar surface area (TPSA) is 143 Å². The largest absolute Gasteiger partial charge is 0.493 e. The second kappa shape index (κ2) is 14.1. The van der Waals surface area contributed by atoms with Crippen molar-refractivity contribution in [1.82, 2.24) is 16.1 Å². The Morgan fingerprint density at radius 2 is 2.03 bits per heavy atom. The predicted octanol–water partition coefficient (Wildman–Crippen LogP) is 3.25. The van der Waals surface area contributed by atoms with Crippen LogP contribution in [0.3, 0.4) is 0 Å². The lowest BCUT2D eigenvalue weighted by molar-refractivity contribution is -0.139. The summed E-state index contributed by atoms with van der Waals surface area (Å²) in [5.74, 6) is 0.0426. The minimum atomic E-state index is -0.645. The Bertz CT molecular complexity index is 1360. The Hall–Kier alpha value is -4.15. The molecule has 3 N–H and O–H groups in total. The number of nitrogens with one attached hydrogen (secondary N) is 3. The van der Waals surface area contributed by atoms with E-state index in [-0.39, 0.29) is 19.8 Å². The van der Waals surface area contributed by atoms with Gasteiger partial charge in [-0.2, -0.15) is 10.4 Å². The van der Waals surface area contributed by atoms with E-state index in [1.54, 1.807) is 50.2 Å². The number of esters is 1. The highest BCUT2D eigenvalue weighted by Gasteiger charge is 2.32. The van der Waals surface area contributed by atoms with Crippen LogP contribution in [0, 0.1) is 11.3 Å². The van der Waals surface area contributed by atoms with E-state index in [0.717, 1.165) is 0 Å². The second-order valence-corrected chi connectivity index (χ2v) is 9.21. The van der Waals surface area contributed by atoms with Crippen molar-refractivity contribution in [1.29, 1.82) is 5.26 Å². The van der Waals surface area contributed by atoms with Crippen molar-refractivity contribution in [3.63, 3.8) is 0 Å². The van der Waals surface area contributed by atoms with Gasteiger partial charge in [-0.05, 0) is 44.3 Å². The number of carbonyl (C=O) groups is 2. The van der Waals surface area contributed by atoms with Crippen LogP contribution in [0.4, 0.5) is 0 Å². The molecule has 1 atom stereocenters. The van der Waals surface area contributed by atoms with Gasteiger partial charge in [-0.1, -0.05) is 34.1 Å². The molecule has 0 radical (unpaired) electrons. The number of hydrogen-bond acceptors (Lipinski definition) is 9. The van der Waals surface area contributed by atoms with E-state index in [9.17, 15) is 9.59 Å². The summed E-state index contributed by atoms with van der Waals surface area (Å²) in [6.45, 7) is 3.12. The highest BCUT2D eigenvalue weighted by atomic mass is 79.9. The van der Waals surface area contributed by atoms with Gasteiger partial charge in [0.05, 0.1) is 31.5 Å². The Kier molecular flexibility index (Phi) is 10.7. The fourth-order valence-corrected chi connectivity index (χ4v) is 4.43. The highest BCUT2D eigenvalue weighted by Crippen LogP contribution is 2.35. The van der Waals surface area contributed by atoms with Crippen LogP contribution in [0.25, 0.3) is 0 Å². The molecule has 2 aromatic carbocycles. The van der Waals surface area contributed by atoms with Gasteiger partial charge in [-0.25, -0.2) is 10.2 Å². The number of nitrogens with zero attached hydrogens (tertiary/aromatic N) is 2. The van der Waals surface area contributed by atoms with Gasteiger partial charge in [0.2, 0.25) is 0 Å². The molecule has 0 aliphatic carbocycles. The molecule has 0 aromatic heterocycles. The standard InChI is InChI=1S/C26H26BrN5O6S/c1-4-36-25(34)22-15(2)30-26(39)31-23(22)18-7-5-6-8-19(18)38-14-21(33)32-29-13-16-11-17(27)12-20(35-3)24(16)37-10-9-28/h5-8,11-13,23H,4,10,14H2,1-3H3,(H,32,33)(H2,30,31,39)/t23-/m1/s1. The molecule has 0 saturated heterocycles. The third-order valence-corrected chi connectivity index (χ3v) is 5.97. The molecule has 1 amide bonds. The number of rotatable bonds is 11. The number of ether oxygens (including phenoxy) is 4.